The Hall–Kier alpha value is -0.120. The van der Waals surface area contributed by atoms with E-state index in [9.17, 15) is 5.11 Å². The normalized spacial score (nSPS) is 22.9. The van der Waals surface area contributed by atoms with Crippen LogP contribution in [0.15, 0.2) is 0 Å². The van der Waals surface area contributed by atoms with Crippen LogP contribution in [0.5, 0.6) is 0 Å². The van der Waals surface area contributed by atoms with Crippen molar-refractivity contribution in [3.8, 4) is 0 Å². The fourth-order valence-corrected chi connectivity index (χ4v) is 2.82. The van der Waals surface area contributed by atoms with Crippen LogP contribution >= 0.6 is 0 Å². The highest BCUT2D eigenvalue weighted by molar-refractivity contribution is 4.85. The van der Waals surface area contributed by atoms with Crippen molar-refractivity contribution in [1.82, 2.24) is 10.2 Å². The standard InChI is InChI=1S/C14H30N2O/c1-4-14(5-2,11-15-6-3)12-16-9-7-8-13(17)10-16/h13,15,17H,4-12H2,1-3H3. The zero-order valence-electron chi connectivity index (χ0n) is 11.8. The number of likely N-dealkylation sites (tertiary alicyclic amines) is 1. The van der Waals surface area contributed by atoms with Gasteiger partial charge in [0.05, 0.1) is 6.10 Å². The molecule has 1 heterocycles. The molecule has 17 heavy (non-hydrogen) atoms. The van der Waals surface area contributed by atoms with Crippen LogP contribution in [0, 0.1) is 5.41 Å². The monoisotopic (exact) mass is 242 g/mol. The highest BCUT2D eigenvalue weighted by Crippen LogP contribution is 2.28. The van der Waals surface area contributed by atoms with Crippen LogP contribution in [0.1, 0.15) is 46.5 Å². The molecule has 1 aliphatic rings. The lowest BCUT2D eigenvalue weighted by Gasteiger charge is -2.40. The third-order valence-corrected chi connectivity index (χ3v) is 4.29. The predicted octanol–water partition coefficient (Wildman–Crippen LogP) is 1.86. The van der Waals surface area contributed by atoms with Crippen LogP contribution in [0.25, 0.3) is 0 Å². The van der Waals surface area contributed by atoms with E-state index in [-0.39, 0.29) is 6.10 Å². The van der Waals surface area contributed by atoms with E-state index < -0.39 is 0 Å². The van der Waals surface area contributed by atoms with Gasteiger partial charge in [0.2, 0.25) is 0 Å². The van der Waals surface area contributed by atoms with Crippen molar-refractivity contribution < 1.29 is 5.11 Å². The van der Waals surface area contributed by atoms with Gasteiger partial charge >= 0.3 is 0 Å². The first-order valence-corrected chi connectivity index (χ1v) is 7.27. The van der Waals surface area contributed by atoms with Crippen molar-refractivity contribution in [2.45, 2.75) is 52.6 Å². The van der Waals surface area contributed by atoms with Gasteiger partial charge in [0.25, 0.3) is 0 Å². The van der Waals surface area contributed by atoms with Crippen LogP contribution in [0.3, 0.4) is 0 Å². The van der Waals surface area contributed by atoms with Crippen LogP contribution in [-0.4, -0.2) is 48.8 Å². The molecule has 0 aromatic carbocycles. The van der Waals surface area contributed by atoms with E-state index in [4.69, 9.17) is 0 Å². The van der Waals surface area contributed by atoms with Crippen molar-refractivity contribution in [2.75, 3.05) is 32.7 Å². The Balaban J connectivity index is 2.52. The van der Waals surface area contributed by atoms with E-state index in [2.05, 4.69) is 31.0 Å². The third-order valence-electron chi connectivity index (χ3n) is 4.29. The molecule has 0 radical (unpaired) electrons. The van der Waals surface area contributed by atoms with Gasteiger partial charge in [-0.15, -0.1) is 0 Å². The molecule has 0 saturated carbocycles. The Labute approximate surface area is 107 Å². The first-order valence-electron chi connectivity index (χ1n) is 7.27. The topological polar surface area (TPSA) is 35.5 Å². The lowest BCUT2D eigenvalue weighted by molar-refractivity contribution is 0.0401. The number of aliphatic hydroxyl groups excluding tert-OH is 1. The van der Waals surface area contributed by atoms with Gasteiger partial charge < -0.3 is 15.3 Å². The molecule has 1 aliphatic heterocycles. The number of aliphatic hydroxyl groups is 1. The summed E-state index contributed by atoms with van der Waals surface area (Å²) >= 11 is 0. The van der Waals surface area contributed by atoms with E-state index in [0.29, 0.717) is 5.41 Å². The molecule has 0 aromatic rings. The van der Waals surface area contributed by atoms with Gasteiger partial charge in [0, 0.05) is 19.6 Å². The average molecular weight is 242 g/mol. The minimum Gasteiger partial charge on any atom is -0.392 e. The van der Waals surface area contributed by atoms with Crippen molar-refractivity contribution >= 4 is 0 Å². The van der Waals surface area contributed by atoms with Gasteiger partial charge in [0.1, 0.15) is 0 Å². The summed E-state index contributed by atoms with van der Waals surface area (Å²) in [6, 6.07) is 0. The molecule has 3 heteroatoms. The quantitative estimate of drug-likeness (QED) is 0.715. The SMILES string of the molecule is CCNCC(CC)(CC)CN1CCCC(O)C1. The first-order chi connectivity index (χ1) is 8.15. The molecule has 1 atom stereocenters. The highest BCUT2D eigenvalue weighted by Gasteiger charge is 2.30. The van der Waals surface area contributed by atoms with Gasteiger partial charge in [-0.25, -0.2) is 0 Å². The average Bonchev–Trinajstić information content (AvgIpc) is 2.35. The molecule has 1 unspecified atom stereocenters. The maximum atomic E-state index is 9.74. The Bertz CT molecular complexity index is 204. The Morgan fingerprint density at radius 3 is 2.53 bits per heavy atom. The van der Waals surface area contributed by atoms with E-state index >= 15 is 0 Å². The van der Waals surface area contributed by atoms with E-state index in [1.807, 2.05) is 0 Å². The molecular weight excluding hydrogens is 212 g/mol. The molecule has 3 nitrogen and oxygen atoms in total. The number of hydrogen-bond acceptors (Lipinski definition) is 3. The summed E-state index contributed by atoms with van der Waals surface area (Å²) in [5.41, 5.74) is 0.382. The second-order valence-electron chi connectivity index (χ2n) is 5.52. The second kappa shape index (κ2) is 7.34. The summed E-state index contributed by atoms with van der Waals surface area (Å²) in [6.45, 7) is 12.1. The van der Waals surface area contributed by atoms with Gasteiger partial charge in [-0.3, -0.25) is 0 Å². The fraction of sp³-hybridized carbons (Fsp3) is 1.00. The predicted molar refractivity (Wildman–Crippen MR) is 73.2 cm³/mol. The molecule has 1 saturated heterocycles. The van der Waals surface area contributed by atoms with Crippen molar-refractivity contribution in [1.29, 1.82) is 0 Å². The van der Waals surface area contributed by atoms with Crippen LogP contribution in [-0.2, 0) is 0 Å². The number of nitrogens with zero attached hydrogens (tertiary/aromatic N) is 1. The Morgan fingerprint density at radius 1 is 1.29 bits per heavy atom. The zero-order chi connectivity index (χ0) is 12.7. The minimum absolute atomic E-state index is 0.103. The van der Waals surface area contributed by atoms with Gasteiger partial charge in [-0.05, 0) is 44.2 Å². The maximum Gasteiger partial charge on any atom is 0.0667 e. The maximum absolute atomic E-state index is 9.74. The van der Waals surface area contributed by atoms with Crippen molar-refractivity contribution in [2.24, 2.45) is 5.41 Å². The van der Waals surface area contributed by atoms with Gasteiger partial charge in [-0.2, -0.15) is 0 Å². The van der Waals surface area contributed by atoms with Gasteiger partial charge in [0.15, 0.2) is 0 Å². The lowest BCUT2D eigenvalue weighted by atomic mass is 9.81. The minimum atomic E-state index is -0.103. The molecule has 102 valence electrons. The van der Waals surface area contributed by atoms with E-state index in [1.165, 1.54) is 12.8 Å². The Morgan fingerprint density at radius 2 is 2.00 bits per heavy atom. The molecule has 1 fully saturated rings. The zero-order valence-corrected chi connectivity index (χ0v) is 11.8. The summed E-state index contributed by atoms with van der Waals surface area (Å²) in [7, 11) is 0. The molecule has 1 rings (SSSR count). The van der Waals surface area contributed by atoms with Crippen LogP contribution in [0.2, 0.25) is 0 Å². The molecule has 0 bridgehead atoms. The summed E-state index contributed by atoms with van der Waals surface area (Å²) < 4.78 is 0. The van der Waals surface area contributed by atoms with Crippen molar-refractivity contribution in [3.05, 3.63) is 0 Å². The molecule has 2 N–H and O–H groups in total. The number of nitrogens with one attached hydrogen (secondary N) is 1. The van der Waals surface area contributed by atoms with Crippen LogP contribution < -0.4 is 5.32 Å². The van der Waals surface area contributed by atoms with Crippen molar-refractivity contribution in [3.63, 3.8) is 0 Å². The molecular formula is C14H30N2O. The van der Waals surface area contributed by atoms with Gasteiger partial charge in [-0.1, -0.05) is 20.8 Å². The molecule has 0 spiro atoms. The summed E-state index contributed by atoms with van der Waals surface area (Å²) in [4.78, 5) is 2.46. The molecule has 0 aromatic heterocycles. The largest absolute Gasteiger partial charge is 0.392 e. The molecule has 0 amide bonds. The first kappa shape index (κ1) is 14.9. The lowest BCUT2D eigenvalue weighted by Crippen LogP contribution is -2.48. The molecule has 0 aliphatic carbocycles. The van der Waals surface area contributed by atoms with E-state index in [1.54, 1.807) is 0 Å². The summed E-state index contributed by atoms with van der Waals surface area (Å²) in [5, 5.41) is 13.2. The Kier molecular flexibility index (Phi) is 6.45. The summed E-state index contributed by atoms with van der Waals surface area (Å²) in [6.07, 6.45) is 4.45. The number of rotatable bonds is 7. The smallest absolute Gasteiger partial charge is 0.0667 e. The number of hydrogen-bond donors (Lipinski definition) is 2. The second-order valence-corrected chi connectivity index (χ2v) is 5.52. The third kappa shape index (κ3) is 4.57. The number of piperidine rings is 1. The number of β-amino-alcohol motifs (C(OH)–C–C–N with tert-alkyl or cyclic N) is 1. The van der Waals surface area contributed by atoms with Crippen LogP contribution in [0.4, 0.5) is 0 Å². The highest BCUT2D eigenvalue weighted by atomic mass is 16.3. The van der Waals surface area contributed by atoms with E-state index in [0.717, 1.165) is 45.6 Å². The fourth-order valence-electron chi connectivity index (χ4n) is 2.82. The summed E-state index contributed by atoms with van der Waals surface area (Å²) in [5.74, 6) is 0.